The molecule has 1 atom stereocenters. The van der Waals surface area contributed by atoms with Crippen molar-refractivity contribution < 1.29 is 19.5 Å². The van der Waals surface area contributed by atoms with Crippen LogP contribution in [0, 0.1) is 0 Å². The number of hydrogen-bond donors (Lipinski definition) is 2. The van der Waals surface area contributed by atoms with Crippen LogP contribution in [0.2, 0.25) is 0 Å². The van der Waals surface area contributed by atoms with E-state index >= 15 is 0 Å². The van der Waals surface area contributed by atoms with Gasteiger partial charge < -0.3 is 15.3 Å². The maximum atomic E-state index is 12.6. The molecule has 0 bridgehead atoms. The van der Waals surface area contributed by atoms with Crippen LogP contribution in [0.5, 0.6) is 0 Å². The molecule has 0 aliphatic rings. The Kier molecular flexibility index (Phi) is 7.61. The van der Waals surface area contributed by atoms with Gasteiger partial charge in [0.15, 0.2) is 0 Å². The normalized spacial score (nSPS) is 12.3. The molecule has 0 fully saturated rings. The van der Waals surface area contributed by atoms with E-state index in [0.29, 0.717) is 6.42 Å². The first kappa shape index (κ1) is 20.7. The third-order valence-corrected chi connectivity index (χ3v) is 4.39. The Hall–Kier alpha value is -2.37. The van der Waals surface area contributed by atoms with E-state index in [4.69, 9.17) is 0 Å². The van der Waals surface area contributed by atoms with E-state index in [9.17, 15) is 19.5 Å². The van der Waals surface area contributed by atoms with Crippen molar-refractivity contribution in [1.29, 1.82) is 0 Å². The Morgan fingerprint density at radius 3 is 2.32 bits per heavy atom. The van der Waals surface area contributed by atoms with Gasteiger partial charge in [0, 0.05) is 26.4 Å². The van der Waals surface area contributed by atoms with E-state index < -0.39 is 12.0 Å². The molecule has 0 heterocycles. The molecule has 1 unspecified atom stereocenters. The number of benzene rings is 1. The number of nitrogens with zero attached hydrogens (tertiary/aromatic N) is 1. The first-order valence-electron chi connectivity index (χ1n) is 8.47. The summed E-state index contributed by atoms with van der Waals surface area (Å²) < 4.78 is 0. The summed E-state index contributed by atoms with van der Waals surface area (Å²) in [7, 11) is 0. The van der Waals surface area contributed by atoms with Gasteiger partial charge in [0.05, 0.1) is 0 Å². The van der Waals surface area contributed by atoms with Crippen LogP contribution in [0.15, 0.2) is 30.3 Å². The average molecular weight is 348 g/mol. The molecule has 6 nitrogen and oxygen atoms in total. The summed E-state index contributed by atoms with van der Waals surface area (Å²) in [5.74, 6) is -1.48. The number of carboxylic acids is 1. The summed E-state index contributed by atoms with van der Waals surface area (Å²) in [6.45, 7) is 7.42. The lowest BCUT2D eigenvalue weighted by Gasteiger charge is -2.29. The number of amides is 2. The van der Waals surface area contributed by atoms with Crippen LogP contribution in [0.25, 0.3) is 0 Å². The van der Waals surface area contributed by atoms with Crippen LogP contribution < -0.4 is 5.32 Å². The molecular weight excluding hydrogens is 320 g/mol. The monoisotopic (exact) mass is 348 g/mol. The summed E-state index contributed by atoms with van der Waals surface area (Å²) in [4.78, 5) is 36.2. The van der Waals surface area contributed by atoms with Crippen molar-refractivity contribution in [3.05, 3.63) is 35.9 Å². The summed E-state index contributed by atoms with van der Waals surface area (Å²) in [5.41, 5.74) is 0.950. The largest absolute Gasteiger partial charge is 0.480 e. The smallest absolute Gasteiger partial charge is 0.326 e. The third-order valence-electron chi connectivity index (χ3n) is 4.39. The predicted octanol–water partition coefficient (Wildman–Crippen LogP) is 2.18. The molecule has 1 aromatic rings. The Bertz CT molecular complexity index is 599. The van der Waals surface area contributed by atoms with Crippen molar-refractivity contribution in [2.45, 2.75) is 52.0 Å². The minimum absolute atomic E-state index is 0.178. The maximum absolute atomic E-state index is 12.6. The molecule has 2 amide bonds. The molecule has 0 spiro atoms. The first-order valence-corrected chi connectivity index (χ1v) is 8.47. The minimum Gasteiger partial charge on any atom is -0.480 e. The Labute approximate surface area is 149 Å². The van der Waals surface area contributed by atoms with Gasteiger partial charge in [0.1, 0.15) is 6.04 Å². The fourth-order valence-electron chi connectivity index (χ4n) is 2.62. The van der Waals surface area contributed by atoms with E-state index in [-0.39, 0.29) is 36.7 Å². The molecule has 2 N–H and O–H groups in total. The van der Waals surface area contributed by atoms with Crippen molar-refractivity contribution in [2.24, 2.45) is 0 Å². The maximum Gasteiger partial charge on any atom is 0.326 e. The fraction of sp³-hybridized carbons (Fsp3) is 0.526. The lowest BCUT2D eigenvalue weighted by molar-refractivity contribution is -0.149. The molecule has 25 heavy (non-hydrogen) atoms. The van der Waals surface area contributed by atoms with Crippen LogP contribution in [-0.2, 0) is 19.8 Å². The summed E-state index contributed by atoms with van der Waals surface area (Å²) in [6, 6.07) is 9.00. The SMILES string of the molecule is CC(=O)NCCN(C(=O)CCC(C)(C)c1ccccc1)C(C)C(=O)O. The minimum atomic E-state index is -1.06. The second-order valence-corrected chi connectivity index (χ2v) is 6.83. The van der Waals surface area contributed by atoms with Crippen molar-refractivity contribution in [3.8, 4) is 0 Å². The van der Waals surface area contributed by atoms with Gasteiger partial charge in [-0.1, -0.05) is 44.2 Å². The number of carbonyl (C=O) groups excluding carboxylic acids is 2. The zero-order valence-electron chi connectivity index (χ0n) is 15.4. The van der Waals surface area contributed by atoms with E-state index in [1.807, 2.05) is 30.3 Å². The summed E-state index contributed by atoms with van der Waals surface area (Å²) >= 11 is 0. The molecule has 0 aliphatic heterocycles. The molecule has 1 rings (SSSR count). The Balaban J connectivity index is 2.73. The number of hydrogen-bond acceptors (Lipinski definition) is 3. The topological polar surface area (TPSA) is 86.7 Å². The molecule has 0 saturated heterocycles. The third kappa shape index (κ3) is 6.57. The van der Waals surface area contributed by atoms with Gasteiger partial charge in [-0.3, -0.25) is 9.59 Å². The fourth-order valence-corrected chi connectivity index (χ4v) is 2.62. The van der Waals surface area contributed by atoms with Crippen molar-refractivity contribution in [2.75, 3.05) is 13.1 Å². The van der Waals surface area contributed by atoms with Crippen molar-refractivity contribution in [1.82, 2.24) is 10.2 Å². The highest BCUT2D eigenvalue weighted by atomic mass is 16.4. The average Bonchev–Trinajstić information content (AvgIpc) is 2.56. The number of aliphatic carboxylic acids is 1. The number of carboxylic acid groups (broad SMARTS) is 1. The second kappa shape index (κ2) is 9.20. The number of nitrogens with one attached hydrogen (secondary N) is 1. The highest BCUT2D eigenvalue weighted by molar-refractivity contribution is 5.83. The summed E-state index contributed by atoms with van der Waals surface area (Å²) in [5, 5.41) is 11.8. The van der Waals surface area contributed by atoms with Gasteiger partial charge >= 0.3 is 5.97 Å². The quantitative estimate of drug-likeness (QED) is 0.716. The standard InChI is InChI=1S/C19H28N2O4/c1-14(18(24)25)21(13-12-20-15(2)22)17(23)10-11-19(3,4)16-8-6-5-7-9-16/h5-9,14H,10-13H2,1-4H3,(H,20,22)(H,24,25). The molecule has 6 heteroatoms. The highest BCUT2D eigenvalue weighted by Crippen LogP contribution is 2.28. The molecule has 1 aromatic carbocycles. The summed E-state index contributed by atoms with van der Waals surface area (Å²) in [6.07, 6.45) is 0.860. The predicted molar refractivity (Wildman–Crippen MR) is 96.2 cm³/mol. The van der Waals surface area contributed by atoms with Crippen LogP contribution in [0.4, 0.5) is 0 Å². The van der Waals surface area contributed by atoms with Gasteiger partial charge in [0.2, 0.25) is 11.8 Å². The van der Waals surface area contributed by atoms with Gasteiger partial charge in [-0.05, 0) is 24.3 Å². The number of rotatable bonds is 9. The molecule has 0 radical (unpaired) electrons. The Morgan fingerprint density at radius 2 is 1.80 bits per heavy atom. The van der Waals surface area contributed by atoms with E-state index in [2.05, 4.69) is 19.2 Å². The van der Waals surface area contributed by atoms with Crippen LogP contribution >= 0.6 is 0 Å². The lowest BCUT2D eigenvalue weighted by atomic mass is 9.80. The number of carbonyl (C=O) groups is 3. The molecule has 138 valence electrons. The molecule has 0 saturated carbocycles. The molecule has 0 aliphatic carbocycles. The zero-order chi connectivity index (χ0) is 19.0. The second-order valence-electron chi connectivity index (χ2n) is 6.83. The molecular formula is C19H28N2O4. The highest BCUT2D eigenvalue weighted by Gasteiger charge is 2.28. The van der Waals surface area contributed by atoms with E-state index in [0.717, 1.165) is 5.56 Å². The zero-order valence-corrected chi connectivity index (χ0v) is 15.4. The van der Waals surface area contributed by atoms with Crippen LogP contribution in [0.1, 0.15) is 46.1 Å². The van der Waals surface area contributed by atoms with E-state index in [1.54, 1.807) is 0 Å². The van der Waals surface area contributed by atoms with Gasteiger partial charge in [-0.15, -0.1) is 0 Å². The van der Waals surface area contributed by atoms with Gasteiger partial charge in [-0.2, -0.15) is 0 Å². The first-order chi connectivity index (χ1) is 11.6. The molecule has 0 aromatic heterocycles. The van der Waals surface area contributed by atoms with Crippen LogP contribution in [0.3, 0.4) is 0 Å². The van der Waals surface area contributed by atoms with Gasteiger partial charge in [-0.25, -0.2) is 4.79 Å². The van der Waals surface area contributed by atoms with Crippen molar-refractivity contribution >= 4 is 17.8 Å². The van der Waals surface area contributed by atoms with Crippen LogP contribution in [-0.4, -0.2) is 46.9 Å². The Morgan fingerprint density at radius 1 is 1.20 bits per heavy atom. The van der Waals surface area contributed by atoms with E-state index in [1.165, 1.54) is 18.7 Å². The lowest BCUT2D eigenvalue weighted by Crippen LogP contribution is -2.47. The van der Waals surface area contributed by atoms with Gasteiger partial charge in [0.25, 0.3) is 0 Å². The van der Waals surface area contributed by atoms with Crippen molar-refractivity contribution in [3.63, 3.8) is 0 Å².